The summed E-state index contributed by atoms with van der Waals surface area (Å²) in [6, 6.07) is 0. The van der Waals surface area contributed by atoms with E-state index in [4.69, 9.17) is 4.99 Å². The summed E-state index contributed by atoms with van der Waals surface area (Å²) >= 11 is 0. The van der Waals surface area contributed by atoms with Gasteiger partial charge in [-0.05, 0) is 17.8 Å². The molecule has 3 rings (SSSR count). The molecule has 3 heterocycles. The lowest BCUT2D eigenvalue weighted by Crippen LogP contribution is -2.52. The van der Waals surface area contributed by atoms with E-state index in [-0.39, 0.29) is 8.37 Å². The molecule has 0 aromatic carbocycles. The Morgan fingerprint density at radius 3 is 1.73 bits per heavy atom. The first kappa shape index (κ1) is 18.3. The quantitative estimate of drug-likeness (QED) is 0.697. The monoisotopic (exact) mass is 326 g/mol. The lowest BCUT2D eigenvalue weighted by atomic mass is 10.2. The maximum absolute atomic E-state index is 4.91. The summed E-state index contributed by atoms with van der Waals surface area (Å²) in [5, 5.41) is 0. The van der Waals surface area contributed by atoms with E-state index in [1.165, 1.54) is 25.3 Å². The van der Waals surface area contributed by atoms with Crippen molar-refractivity contribution >= 4 is 14.1 Å². The van der Waals surface area contributed by atoms with E-state index in [0.717, 1.165) is 26.2 Å². The van der Waals surface area contributed by atoms with E-state index in [0.29, 0.717) is 17.8 Å². The molecule has 0 saturated carbocycles. The standard InChI is InChI=1S/C17H35N4P/c1-14(2)9-19-8-7-18-17-12-20(10-15(3)4)22(19)21(13-17)11-16(5)6/h14-16H,7-13H2,1-6H3. The highest BCUT2D eigenvalue weighted by Gasteiger charge is 2.38. The second-order valence-electron chi connectivity index (χ2n) is 8.00. The second-order valence-corrected chi connectivity index (χ2v) is 10.2. The Kier molecular flexibility index (Phi) is 6.82. The molecule has 128 valence electrons. The van der Waals surface area contributed by atoms with Gasteiger partial charge in [0.1, 0.15) is 8.37 Å². The third-order valence-corrected chi connectivity index (χ3v) is 6.40. The van der Waals surface area contributed by atoms with E-state index in [2.05, 4.69) is 55.6 Å². The van der Waals surface area contributed by atoms with E-state index in [9.17, 15) is 0 Å². The van der Waals surface area contributed by atoms with Crippen molar-refractivity contribution in [3.05, 3.63) is 0 Å². The molecule has 5 heteroatoms. The fourth-order valence-electron chi connectivity index (χ4n) is 3.35. The van der Waals surface area contributed by atoms with Gasteiger partial charge in [-0.25, -0.2) is 0 Å². The molecule has 4 nitrogen and oxygen atoms in total. The Labute approximate surface area is 138 Å². The van der Waals surface area contributed by atoms with Crippen molar-refractivity contribution in [3.8, 4) is 0 Å². The lowest BCUT2D eigenvalue weighted by molar-refractivity contribution is 0.280. The first-order valence-corrected chi connectivity index (χ1v) is 10.1. The molecule has 0 radical (unpaired) electrons. The minimum absolute atomic E-state index is 0.316. The van der Waals surface area contributed by atoms with Crippen molar-refractivity contribution in [2.45, 2.75) is 41.5 Å². The Bertz CT molecular complexity index is 359. The third-order valence-electron chi connectivity index (χ3n) is 3.91. The van der Waals surface area contributed by atoms with Crippen LogP contribution in [0.1, 0.15) is 41.5 Å². The van der Waals surface area contributed by atoms with Gasteiger partial charge in [-0.1, -0.05) is 41.5 Å². The van der Waals surface area contributed by atoms with Crippen LogP contribution in [-0.2, 0) is 0 Å². The van der Waals surface area contributed by atoms with Crippen LogP contribution in [-0.4, -0.2) is 65.5 Å². The minimum atomic E-state index is -0.316. The molecule has 2 bridgehead atoms. The van der Waals surface area contributed by atoms with Crippen LogP contribution in [0.5, 0.6) is 0 Å². The molecule has 0 atom stereocenters. The first-order chi connectivity index (χ1) is 10.4. The highest BCUT2D eigenvalue weighted by molar-refractivity contribution is 7.50. The zero-order chi connectivity index (χ0) is 16.3. The maximum Gasteiger partial charge on any atom is 0.121 e. The van der Waals surface area contributed by atoms with Crippen LogP contribution in [0.15, 0.2) is 4.99 Å². The normalized spacial score (nSPS) is 25.1. The van der Waals surface area contributed by atoms with Crippen LogP contribution < -0.4 is 0 Å². The van der Waals surface area contributed by atoms with Crippen LogP contribution in [0, 0.1) is 17.8 Å². The van der Waals surface area contributed by atoms with Gasteiger partial charge in [-0.2, -0.15) is 0 Å². The van der Waals surface area contributed by atoms with Crippen molar-refractivity contribution in [1.82, 2.24) is 14.0 Å². The molecule has 0 N–H and O–H groups in total. The molecular weight excluding hydrogens is 291 g/mol. The van der Waals surface area contributed by atoms with E-state index < -0.39 is 0 Å². The van der Waals surface area contributed by atoms with E-state index in [1.54, 1.807) is 0 Å². The van der Waals surface area contributed by atoms with Crippen LogP contribution >= 0.6 is 8.37 Å². The molecule has 1 saturated heterocycles. The van der Waals surface area contributed by atoms with E-state index >= 15 is 0 Å². The van der Waals surface area contributed by atoms with Crippen molar-refractivity contribution in [2.24, 2.45) is 22.7 Å². The largest absolute Gasteiger partial charge is 0.290 e. The van der Waals surface area contributed by atoms with Gasteiger partial charge in [0.2, 0.25) is 0 Å². The summed E-state index contributed by atoms with van der Waals surface area (Å²) in [4.78, 5) is 4.91. The fraction of sp³-hybridized carbons (Fsp3) is 0.941. The Balaban J connectivity index is 2.26. The number of fused-ring (bicyclic) bond motifs is 5. The Morgan fingerprint density at radius 2 is 1.27 bits per heavy atom. The Morgan fingerprint density at radius 1 is 0.818 bits per heavy atom. The van der Waals surface area contributed by atoms with Crippen molar-refractivity contribution in [2.75, 3.05) is 45.8 Å². The van der Waals surface area contributed by atoms with E-state index in [1.807, 2.05) is 0 Å². The highest BCUT2D eigenvalue weighted by Crippen LogP contribution is 2.51. The van der Waals surface area contributed by atoms with Gasteiger partial charge < -0.3 is 0 Å². The molecule has 0 aromatic rings. The van der Waals surface area contributed by atoms with Gasteiger partial charge in [0, 0.05) is 45.0 Å². The fourth-order valence-corrected chi connectivity index (χ4v) is 6.69. The second kappa shape index (κ2) is 8.19. The summed E-state index contributed by atoms with van der Waals surface area (Å²) in [7, 11) is -0.316. The number of rotatable bonds is 6. The Hall–Kier alpha value is -0.0200. The summed E-state index contributed by atoms with van der Waals surface area (Å²) in [5.41, 5.74) is 1.41. The van der Waals surface area contributed by atoms with Crippen LogP contribution in [0.4, 0.5) is 0 Å². The zero-order valence-electron chi connectivity index (χ0n) is 15.4. The van der Waals surface area contributed by atoms with Crippen molar-refractivity contribution in [3.63, 3.8) is 0 Å². The molecule has 0 amide bonds. The molecule has 0 aliphatic carbocycles. The molecule has 1 fully saturated rings. The maximum atomic E-state index is 4.91. The molecule has 22 heavy (non-hydrogen) atoms. The van der Waals surface area contributed by atoms with Gasteiger partial charge in [-0.3, -0.25) is 19.0 Å². The predicted octanol–water partition coefficient (Wildman–Crippen LogP) is 3.56. The SMILES string of the molecule is CC(C)CN1CCN=C2CN(CC(C)C)P1N(CC(C)C)C2. The molecule has 3 aliphatic heterocycles. The number of hydrogen-bond donors (Lipinski definition) is 0. The van der Waals surface area contributed by atoms with Gasteiger partial charge in [0.05, 0.1) is 6.54 Å². The van der Waals surface area contributed by atoms with Gasteiger partial charge in [-0.15, -0.1) is 0 Å². The van der Waals surface area contributed by atoms with Gasteiger partial charge in [0.15, 0.2) is 0 Å². The highest BCUT2D eigenvalue weighted by atomic mass is 31.2. The first-order valence-electron chi connectivity index (χ1n) is 8.93. The average molecular weight is 326 g/mol. The van der Waals surface area contributed by atoms with Crippen molar-refractivity contribution in [1.29, 1.82) is 0 Å². The predicted molar refractivity (Wildman–Crippen MR) is 98.5 cm³/mol. The summed E-state index contributed by atoms with van der Waals surface area (Å²) in [5.74, 6) is 2.14. The minimum Gasteiger partial charge on any atom is -0.290 e. The van der Waals surface area contributed by atoms with Crippen LogP contribution in [0.2, 0.25) is 0 Å². The van der Waals surface area contributed by atoms with Crippen molar-refractivity contribution < 1.29 is 0 Å². The topological polar surface area (TPSA) is 22.1 Å². The molecule has 0 spiro atoms. The molecule has 3 aliphatic rings. The third kappa shape index (κ3) is 4.99. The number of nitrogens with zero attached hydrogens (tertiary/aromatic N) is 4. The summed E-state index contributed by atoms with van der Waals surface area (Å²) in [6.45, 7) is 21.9. The average Bonchev–Trinajstić information content (AvgIpc) is 2.33. The van der Waals surface area contributed by atoms with Gasteiger partial charge >= 0.3 is 0 Å². The summed E-state index contributed by atoms with van der Waals surface area (Å²) in [6.07, 6.45) is 0. The molecule has 0 aromatic heterocycles. The van der Waals surface area contributed by atoms with Crippen LogP contribution in [0.3, 0.4) is 0 Å². The smallest absolute Gasteiger partial charge is 0.121 e. The number of aliphatic imine (C=N–C) groups is 1. The van der Waals surface area contributed by atoms with Crippen LogP contribution in [0.25, 0.3) is 0 Å². The lowest BCUT2D eigenvalue weighted by Gasteiger charge is -2.51. The molecule has 0 unspecified atom stereocenters. The van der Waals surface area contributed by atoms with Gasteiger partial charge in [0.25, 0.3) is 0 Å². The summed E-state index contributed by atoms with van der Waals surface area (Å²) < 4.78 is 8.20. The number of hydrogen-bond acceptors (Lipinski definition) is 4. The molecular formula is C17H35N4P. The zero-order valence-corrected chi connectivity index (χ0v) is 16.3.